The topological polar surface area (TPSA) is 64.2 Å². The standard InChI is InChI=1S/C26H39F3N4O3S/c1-3-5-23(31-16-14-30(2)15-17-31)19-25(34)32-12-10-22(11-13-32)33(21-8-9-21)37(35,36)24-7-4-6-20(18-24)26(27,28)29/h4,6-7,18,21-23H,3,5,8-17,19H2,1-2H3. The van der Waals surface area contributed by atoms with E-state index in [1.165, 1.54) is 10.4 Å². The number of hydrogen-bond donors (Lipinski definition) is 0. The maximum Gasteiger partial charge on any atom is 0.416 e. The summed E-state index contributed by atoms with van der Waals surface area (Å²) in [4.78, 5) is 19.5. The summed E-state index contributed by atoms with van der Waals surface area (Å²) in [7, 11) is -1.97. The first kappa shape index (κ1) is 28.3. The second-order valence-corrected chi connectivity index (χ2v) is 12.5. The number of likely N-dealkylation sites (N-methyl/N-ethyl adjacent to an activating group) is 1. The van der Waals surface area contributed by atoms with Crippen molar-refractivity contribution in [1.82, 2.24) is 19.0 Å². The van der Waals surface area contributed by atoms with Crippen LogP contribution in [-0.2, 0) is 21.0 Å². The number of halogens is 3. The van der Waals surface area contributed by atoms with E-state index >= 15 is 0 Å². The molecule has 208 valence electrons. The van der Waals surface area contributed by atoms with Gasteiger partial charge in [-0.25, -0.2) is 8.42 Å². The molecular weight excluding hydrogens is 505 g/mol. The third kappa shape index (κ3) is 6.85. The Labute approximate surface area is 218 Å². The van der Waals surface area contributed by atoms with Gasteiger partial charge in [0, 0.05) is 63.8 Å². The second kappa shape index (κ2) is 11.6. The molecule has 1 aromatic carbocycles. The number of hydrogen-bond acceptors (Lipinski definition) is 5. The maximum absolute atomic E-state index is 13.5. The molecule has 0 aromatic heterocycles. The van der Waals surface area contributed by atoms with Gasteiger partial charge in [-0.05, 0) is 57.4 Å². The molecule has 0 spiro atoms. The molecule has 11 heteroatoms. The molecule has 2 saturated heterocycles. The Morgan fingerprint density at radius 3 is 2.22 bits per heavy atom. The summed E-state index contributed by atoms with van der Waals surface area (Å²) in [5, 5.41) is 0. The molecule has 0 radical (unpaired) electrons. The minimum atomic E-state index is -4.61. The van der Waals surface area contributed by atoms with E-state index in [0.717, 1.165) is 57.2 Å². The normalized spacial score (nSPS) is 21.9. The lowest BCUT2D eigenvalue weighted by atomic mass is 10.0. The number of carbonyl (C=O) groups excluding carboxylic acids is 1. The van der Waals surface area contributed by atoms with Crippen molar-refractivity contribution >= 4 is 15.9 Å². The van der Waals surface area contributed by atoms with Gasteiger partial charge in [0.2, 0.25) is 15.9 Å². The van der Waals surface area contributed by atoms with Gasteiger partial charge in [-0.3, -0.25) is 9.69 Å². The molecule has 2 aliphatic heterocycles. The Hall–Kier alpha value is -1.69. The van der Waals surface area contributed by atoms with Crippen molar-refractivity contribution in [1.29, 1.82) is 0 Å². The maximum atomic E-state index is 13.5. The molecule has 3 aliphatic rings. The van der Waals surface area contributed by atoms with Crippen LogP contribution in [0.1, 0.15) is 57.4 Å². The highest BCUT2D eigenvalue weighted by Crippen LogP contribution is 2.38. The molecule has 1 aliphatic carbocycles. The van der Waals surface area contributed by atoms with Crippen molar-refractivity contribution in [3.63, 3.8) is 0 Å². The van der Waals surface area contributed by atoms with Gasteiger partial charge in [0.15, 0.2) is 0 Å². The number of sulfonamides is 1. The van der Waals surface area contributed by atoms with Crippen LogP contribution in [0.2, 0.25) is 0 Å². The largest absolute Gasteiger partial charge is 0.416 e. The summed E-state index contributed by atoms with van der Waals surface area (Å²) in [6.45, 7) is 6.98. The zero-order valence-corrected chi connectivity index (χ0v) is 22.6. The molecule has 0 N–H and O–H groups in total. The molecule has 1 aromatic rings. The summed E-state index contributed by atoms with van der Waals surface area (Å²) in [6, 6.07) is 3.72. The third-order valence-corrected chi connectivity index (χ3v) is 9.91. The van der Waals surface area contributed by atoms with Crippen molar-refractivity contribution in [2.45, 2.75) is 81.1 Å². The van der Waals surface area contributed by atoms with Crippen LogP contribution < -0.4 is 0 Å². The van der Waals surface area contributed by atoms with Crippen LogP contribution in [0.25, 0.3) is 0 Å². The minimum Gasteiger partial charge on any atom is -0.343 e. The fourth-order valence-corrected chi connectivity index (χ4v) is 7.59. The fourth-order valence-electron chi connectivity index (χ4n) is 5.61. The van der Waals surface area contributed by atoms with Gasteiger partial charge in [0.25, 0.3) is 0 Å². The number of nitrogens with zero attached hydrogens (tertiary/aromatic N) is 4. The van der Waals surface area contributed by atoms with Gasteiger partial charge in [-0.1, -0.05) is 19.4 Å². The first-order chi connectivity index (χ1) is 17.5. The monoisotopic (exact) mass is 544 g/mol. The Bertz CT molecular complexity index is 1030. The van der Waals surface area contributed by atoms with E-state index in [4.69, 9.17) is 0 Å². The van der Waals surface area contributed by atoms with Crippen LogP contribution in [0.15, 0.2) is 29.2 Å². The Morgan fingerprint density at radius 1 is 1.03 bits per heavy atom. The number of alkyl halides is 3. The van der Waals surface area contributed by atoms with Gasteiger partial charge in [-0.2, -0.15) is 17.5 Å². The summed E-state index contributed by atoms with van der Waals surface area (Å²) >= 11 is 0. The Balaban J connectivity index is 1.40. The number of amides is 1. The third-order valence-electron chi connectivity index (χ3n) is 7.91. The van der Waals surface area contributed by atoms with Gasteiger partial charge < -0.3 is 9.80 Å². The first-order valence-electron chi connectivity index (χ1n) is 13.4. The lowest BCUT2D eigenvalue weighted by Crippen LogP contribution is -2.52. The molecule has 1 amide bonds. The lowest BCUT2D eigenvalue weighted by Gasteiger charge is -2.40. The molecule has 1 saturated carbocycles. The molecule has 1 unspecified atom stereocenters. The number of carbonyl (C=O) groups is 1. The predicted molar refractivity (Wildman–Crippen MR) is 135 cm³/mol. The fraction of sp³-hybridized carbons (Fsp3) is 0.731. The number of benzene rings is 1. The minimum absolute atomic E-state index is 0.106. The molecule has 37 heavy (non-hydrogen) atoms. The van der Waals surface area contributed by atoms with Crippen molar-refractivity contribution in [2.75, 3.05) is 46.3 Å². The van der Waals surface area contributed by atoms with Crippen LogP contribution in [-0.4, -0.2) is 97.8 Å². The number of piperazine rings is 1. The van der Waals surface area contributed by atoms with Gasteiger partial charge in [0.1, 0.15) is 0 Å². The Morgan fingerprint density at radius 2 is 1.65 bits per heavy atom. The number of piperidine rings is 1. The molecular formula is C26H39F3N4O3S. The van der Waals surface area contributed by atoms with Crippen molar-refractivity contribution in [2.24, 2.45) is 0 Å². The van der Waals surface area contributed by atoms with E-state index in [0.29, 0.717) is 45.2 Å². The smallest absolute Gasteiger partial charge is 0.343 e. The van der Waals surface area contributed by atoms with Crippen LogP contribution >= 0.6 is 0 Å². The summed E-state index contributed by atoms with van der Waals surface area (Å²) in [5.41, 5.74) is -0.966. The van der Waals surface area contributed by atoms with E-state index < -0.39 is 21.8 Å². The van der Waals surface area contributed by atoms with Crippen LogP contribution in [0.5, 0.6) is 0 Å². The van der Waals surface area contributed by atoms with E-state index in [9.17, 15) is 26.4 Å². The average molecular weight is 545 g/mol. The molecule has 0 bridgehead atoms. The zero-order valence-electron chi connectivity index (χ0n) is 21.8. The molecule has 7 nitrogen and oxygen atoms in total. The van der Waals surface area contributed by atoms with E-state index in [2.05, 4.69) is 23.8 Å². The van der Waals surface area contributed by atoms with Crippen LogP contribution in [0.4, 0.5) is 13.2 Å². The number of rotatable bonds is 9. The van der Waals surface area contributed by atoms with Crippen LogP contribution in [0.3, 0.4) is 0 Å². The zero-order chi connectivity index (χ0) is 26.8. The molecule has 1 atom stereocenters. The van der Waals surface area contributed by atoms with E-state index in [1.54, 1.807) is 0 Å². The van der Waals surface area contributed by atoms with Gasteiger partial charge in [0.05, 0.1) is 10.5 Å². The van der Waals surface area contributed by atoms with Crippen molar-refractivity contribution in [3.05, 3.63) is 29.8 Å². The highest BCUT2D eigenvalue weighted by Gasteiger charge is 2.44. The Kier molecular flexibility index (Phi) is 8.87. The second-order valence-electron chi connectivity index (χ2n) is 10.7. The summed E-state index contributed by atoms with van der Waals surface area (Å²) < 4.78 is 68.1. The highest BCUT2D eigenvalue weighted by molar-refractivity contribution is 7.89. The average Bonchev–Trinajstić information content (AvgIpc) is 3.69. The highest BCUT2D eigenvalue weighted by atomic mass is 32.2. The summed E-state index contributed by atoms with van der Waals surface area (Å²) in [5.74, 6) is 0.106. The molecule has 2 heterocycles. The predicted octanol–water partition coefficient (Wildman–Crippen LogP) is 3.66. The molecule has 3 fully saturated rings. The van der Waals surface area contributed by atoms with Crippen molar-refractivity contribution in [3.8, 4) is 0 Å². The van der Waals surface area contributed by atoms with Crippen molar-refractivity contribution < 1.29 is 26.4 Å². The molecule has 4 rings (SSSR count). The SMILES string of the molecule is CCCC(CC(=O)N1CCC(N(C2CC2)S(=O)(=O)c2cccc(C(F)(F)F)c2)CC1)N1CCN(C)CC1. The van der Waals surface area contributed by atoms with Crippen LogP contribution in [0, 0.1) is 0 Å². The van der Waals surface area contributed by atoms with Gasteiger partial charge in [-0.15, -0.1) is 0 Å². The van der Waals surface area contributed by atoms with E-state index in [1.807, 2.05) is 4.90 Å². The lowest BCUT2D eigenvalue weighted by molar-refractivity contribution is -0.137. The first-order valence-corrected chi connectivity index (χ1v) is 14.9. The van der Waals surface area contributed by atoms with Gasteiger partial charge >= 0.3 is 6.18 Å². The summed E-state index contributed by atoms with van der Waals surface area (Å²) in [6.07, 6.45) is 0.244. The number of likely N-dealkylation sites (tertiary alicyclic amines) is 1. The van der Waals surface area contributed by atoms with E-state index in [-0.39, 0.29) is 28.9 Å². The quantitative estimate of drug-likeness (QED) is 0.475.